The maximum Gasteiger partial charge on any atom is 0.0948 e. The molecule has 0 bridgehead atoms. The minimum Gasteiger partial charge on any atom is -0.333 e. The van der Waals surface area contributed by atoms with Crippen LogP contribution >= 0.6 is 0 Å². The Morgan fingerprint density at radius 2 is 2.24 bits per heavy atom. The van der Waals surface area contributed by atoms with Gasteiger partial charge in [-0.15, -0.1) is 0 Å². The van der Waals surface area contributed by atoms with Gasteiger partial charge in [0.2, 0.25) is 0 Å². The van der Waals surface area contributed by atoms with Crippen molar-refractivity contribution in [1.29, 1.82) is 0 Å². The van der Waals surface area contributed by atoms with Crippen molar-refractivity contribution in [3.05, 3.63) is 18.2 Å². The summed E-state index contributed by atoms with van der Waals surface area (Å²) >= 11 is 0. The van der Waals surface area contributed by atoms with E-state index >= 15 is 0 Å². The van der Waals surface area contributed by atoms with Crippen molar-refractivity contribution in [2.45, 2.75) is 52.6 Å². The molecule has 0 radical (unpaired) electrons. The molecule has 1 aromatic rings. The number of rotatable bonds is 5. The highest BCUT2D eigenvalue weighted by Gasteiger charge is 2.22. The molecule has 1 heterocycles. The Hall–Kier alpha value is -0.830. The highest BCUT2D eigenvalue weighted by atomic mass is 15.1. The second kappa shape index (κ2) is 6.20. The normalized spacial score (nSPS) is 25.1. The first-order valence-electron chi connectivity index (χ1n) is 7.01. The number of nitrogens with one attached hydrogen (secondary N) is 1. The molecule has 1 aliphatic rings. The summed E-state index contributed by atoms with van der Waals surface area (Å²) in [5.41, 5.74) is 1.32. The fourth-order valence-electron chi connectivity index (χ4n) is 2.83. The lowest BCUT2D eigenvalue weighted by Gasteiger charge is -2.29. The van der Waals surface area contributed by atoms with E-state index in [2.05, 4.69) is 28.7 Å². The molecule has 0 aromatic carbocycles. The minimum absolute atomic E-state index is 0.846. The fourth-order valence-corrected chi connectivity index (χ4v) is 2.83. The van der Waals surface area contributed by atoms with Gasteiger partial charge in [-0.1, -0.05) is 33.1 Å². The zero-order chi connectivity index (χ0) is 12.1. The summed E-state index contributed by atoms with van der Waals surface area (Å²) in [4.78, 5) is 4.29. The van der Waals surface area contributed by atoms with E-state index in [1.54, 1.807) is 0 Å². The SMILES string of the molecule is CCNCc1cncn1CC1CCCCC1C. The van der Waals surface area contributed by atoms with E-state index in [-0.39, 0.29) is 0 Å². The zero-order valence-electron chi connectivity index (χ0n) is 11.2. The summed E-state index contributed by atoms with van der Waals surface area (Å²) in [6, 6.07) is 0. The van der Waals surface area contributed by atoms with Crippen molar-refractivity contribution >= 4 is 0 Å². The van der Waals surface area contributed by atoms with Crippen molar-refractivity contribution in [2.75, 3.05) is 6.54 Å². The smallest absolute Gasteiger partial charge is 0.0948 e. The molecule has 2 unspecified atom stereocenters. The Morgan fingerprint density at radius 1 is 1.41 bits per heavy atom. The van der Waals surface area contributed by atoms with Gasteiger partial charge in [-0.3, -0.25) is 0 Å². The summed E-state index contributed by atoms with van der Waals surface area (Å²) in [5.74, 6) is 1.72. The Labute approximate surface area is 105 Å². The summed E-state index contributed by atoms with van der Waals surface area (Å²) in [6.07, 6.45) is 9.62. The first-order chi connectivity index (χ1) is 8.31. The number of nitrogens with zero attached hydrogens (tertiary/aromatic N) is 2. The Morgan fingerprint density at radius 3 is 3.00 bits per heavy atom. The van der Waals surface area contributed by atoms with Crippen molar-refractivity contribution in [3.63, 3.8) is 0 Å². The molecule has 0 spiro atoms. The second-order valence-corrected chi connectivity index (χ2v) is 5.34. The van der Waals surface area contributed by atoms with Crippen LogP contribution in [-0.4, -0.2) is 16.1 Å². The average molecular weight is 235 g/mol. The van der Waals surface area contributed by atoms with E-state index in [1.807, 2.05) is 12.5 Å². The van der Waals surface area contributed by atoms with Crippen LogP contribution < -0.4 is 5.32 Å². The third-order valence-corrected chi connectivity index (χ3v) is 4.07. The van der Waals surface area contributed by atoms with Crippen LogP contribution in [0, 0.1) is 11.8 Å². The summed E-state index contributed by atoms with van der Waals surface area (Å²) < 4.78 is 2.34. The lowest BCUT2D eigenvalue weighted by Crippen LogP contribution is -2.23. The van der Waals surface area contributed by atoms with Crippen LogP contribution in [0.4, 0.5) is 0 Å². The van der Waals surface area contributed by atoms with Gasteiger partial charge in [0.25, 0.3) is 0 Å². The Kier molecular flexibility index (Phi) is 4.60. The molecule has 0 saturated heterocycles. The van der Waals surface area contributed by atoms with Crippen LogP contribution in [0.2, 0.25) is 0 Å². The molecule has 1 aromatic heterocycles. The van der Waals surface area contributed by atoms with E-state index in [0.717, 1.165) is 31.5 Å². The standard InChI is InChI=1S/C14H25N3/c1-3-15-8-14-9-16-11-17(14)10-13-7-5-4-6-12(13)2/h9,11-13,15H,3-8,10H2,1-2H3. The minimum atomic E-state index is 0.846. The van der Waals surface area contributed by atoms with Gasteiger partial charge in [0, 0.05) is 19.3 Å². The van der Waals surface area contributed by atoms with Gasteiger partial charge in [0.05, 0.1) is 12.0 Å². The molecule has 3 heteroatoms. The number of aromatic nitrogens is 2. The van der Waals surface area contributed by atoms with E-state index in [0.29, 0.717) is 0 Å². The molecule has 1 fully saturated rings. The lowest BCUT2D eigenvalue weighted by atomic mass is 9.80. The largest absolute Gasteiger partial charge is 0.333 e. The molecule has 0 amide bonds. The molecular formula is C14H25N3. The molecule has 1 N–H and O–H groups in total. The van der Waals surface area contributed by atoms with Crippen LogP contribution in [0.15, 0.2) is 12.5 Å². The molecule has 0 aliphatic heterocycles. The van der Waals surface area contributed by atoms with Crippen molar-refractivity contribution < 1.29 is 0 Å². The molecule has 17 heavy (non-hydrogen) atoms. The monoisotopic (exact) mass is 235 g/mol. The second-order valence-electron chi connectivity index (χ2n) is 5.34. The van der Waals surface area contributed by atoms with E-state index in [9.17, 15) is 0 Å². The molecule has 2 rings (SSSR count). The predicted molar refractivity (Wildman–Crippen MR) is 70.7 cm³/mol. The molecule has 1 aliphatic carbocycles. The van der Waals surface area contributed by atoms with Crippen molar-refractivity contribution in [1.82, 2.24) is 14.9 Å². The first-order valence-corrected chi connectivity index (χ1v) is 7.01. The number of hydrogen-bond donors (Lipinski definition) is 1. The predicted octanol–water partition coefficient (Wildman–Crippen LogP) is 2.82. The van der Waals surface area contributed by atoms with Crippen LogP contribution in [0.5, 0.6) is 0 Å². The van der Waals surface area contributed by atoms with E-state index in [1.165, 1.54) is 31.4 Å². The Bertz CT molecular complexity index is 332. The summed E-state index contributed by atoms with van der Waals surface area (Å²) in [7, 11) is 0. The van der Waals surface area contributed by atoms with Crippen LogP contribution in [-0.2, 0) is 13.1 Å². The molecule has 1 saturated carbocycles. The molecule has 2 atom stereocenters. The summed E-state index contributed by atoms with van der Waals surface area (Å²) in [5, 5.41) is 3.38. The van der Waals surface area contributed by atoms with Gasteiger partial charge < -0.3 is 9.88 Å². The highest BCUT2D eigenvalue weighted by Crippen LogP contribution is 2.30. The molecule has 3 nitrogen and oxygen atoms in total. The third kappa shape index (κ3) is 3.32. The third-order valence-electron chi connectivity index (χ3n) is 4.07. The number of hydrogen-bond acceptors (Lipinski definition) is 2. The van der Waals surface area contributed by atoms with Gasteiger partial charge in [0.15, 0.2) is 0 Å². The van der Waals surface area contributed by atoms with Crippen LogP contribution in [0.3, 0.4) is 0 Å². The van der Waals surface area contributed by atoms with Gasteiger partial charge in [-0.25, -0.2) is 4.98 Å². The van der Waals surface area contributed by atoms with Crippen molar-refractivity contribution in [2.24, 2.45) is 11.8 Å². The number of imidazole rings is 1. The topological polar surface area (TPSA) is 29.9 Å². The lowest BCUT2D eigenvalue weighted by molar-refractivity contribution is 0.226. The van der Waals surface area contributed by atoms with Gasteiger partial charge in [-0.05, 0) is 24.8 Å². The quantitative estimate of drug-likeness (QED) is 0.850. The van der Waals surface area contributed by atoms with Crippen LogP contribution in [0.25, 0.3) is 0 Å². The maximum atomic E-state index is 4.29. The maximum absolute atomic E-state index is 4.29. The average Bonchev–Trinajstić information content (AvgIpc) is 2.77. The highest BCUT2D eigenvalue weighted by molar-refractivity contribution is 4.98. The Balaban J connectivity index is 1.95. The molecule has 96 valence electrons. The first kappa shape index (κ1) is 12.6. The summed E-state index contributed by atoms with van der Waals surface area (Å²) in [6.45, 7) is 7.67. The van der Waals surface area contributed by atoms with Gasteiger partial charge in [-0.2, -0.15) is 0 Å². The fraction of sp³-hybridized carbons (Fsp3) is 0.786. The van der Waals surface area contributed by atoms with E-state index in [4.69, 9.17) is 0 Å². The zero-order valence-corrected chi connectivity index (χ0v) is 11.2. The van der Waals surface area contributed by atoms with Gasteiger partial charge >= 0.3 is 0 Å². The van der Waals surface area contributed by atoms with Crippen molar-refractivity contribution in [3.8, 4) is 0 Å². The van der Waals surface area contributed by atoms with E-state index < -0.39 is 0 Å². The molecular weight excluding hydrogens is 210 g/mol. The van der Waals surface area contributed by atoms with Gasteiger partial charge in [0.1, 0.15) is 0 Å². The van der Waals surface area contributed by atoms with Crippen LogP contribution in [0.1, 0.15) is 45.2 Å².